The van der Waals surface area contributed by atoms with Crippen LogP contribution in [-0.2, 0) is 4.79 Å². The van der Waals surface area contributed by atoms with E-state index in [2.05, 4.69) is 10.6 Å². The van der Waals surface area contributed by atoms with E-state index in [-0.39, 0.29) is 27.7 Å². The Morgan fingerprint density at radius 3 is 2.42 bits per heavy atom. The van der Waals surface area contributed by atoms with E-state index in [4.69, 9.17) is 28.9 Å². The molecule has 0 aliphatic heterocycles. The molecule has 3 amide bonds. The lowest BCUT2D eigenvalue weighted by atomic mass is 10.1. The third-order valence-corrected chi connectivity index (χ3v) is 3.82. The van der Waals surface area contributed by atoms with Gasteiger partial charge in [-0.1, -0.05) is 35.3 Å². The lowest BCUT2D eigenvalue weighted by molar-refractivity contribution is -0.117. The van der Waals surface area contributed by atoms with Crippen LogP contribution < -0.4 is 16.4 Å². The molecule has 0 spiro atoms. The molecule has 24 heavy (non-hydrogen) atoms. The number of carbonyl (C=O) groups excluding carboxylic acids is 3. The van der Waals surface area contributed by atoms with Crippen LogP contribution in [0.3, 0.4) is 0 Å². The molecule has 6 nitrogen and oxygen atoms in total. The van der Waals surface area contributed by atoms with Gasteiger partial charge in [-0.25, -0.2) is 0 Å². The molecule has 124 valence electrons. The molecule has 2 aromatic carbocycles. The van der Waals surface area contributed by atoms with Gasteiger partial charge in [0.15, 0.2) is 0 Å². The summed E-state index contributed by atoms with van der Waals surface area (Å²) < 4.78 is 0. The van der Waals surface area contributed by atoms with Crippen LogP contribution in [0.1, 0.15) is 20.7 Å². The van der Waals surface area contributed by atoms with Crippen molar-refractivity contribution in [2.75, 3.05) is 11.9 Å². The van der Waals surface area contributed by atoms with Crippen molar-refractivity contribution in [3.05, 3.63) is 63.6 Å². The Balaban J connectivity index is 2.14. The fourth-order valence-corrected chi connectivity index (χ4v) is 2.27. The topological polar surface area (TPSA) is 101 Å². The predicted octanol–water partition coefficient (Wildman–Crippen LogP) is 2.46. The van der Waals surface area contributed by atoms with Gasteiger partial charge in [-0.05, 0) is 30.3 Å². The van der Waals surface area contributed by atoms with Crippen LogP contribution in [-0.4, -0.2) is 24.3 Å². The van der Waals surface area contributed by atoms with E-state index < -0.39 is 17.7 Å². The van der Waals surface area contributed by atoms with Crippen LogP contribution in [0.15, 0.2) is 42.5 Å². The molecule has 0 radical (unpaired) electrons. The molecule has 4 N–H and O–H groups in total. The maximum absolute atomic E-state index is 12.3. The maximum atomic E-state index is 12.3. The zero-order valence-electron chi connectivity index (χ0n) is 12.3. The van der Waals surface area contributed by atoms with Gasteiger partial charge in [0.25, 0.3) is 11.8 Å². The minimum atomic E-state index is -0.650. The first-order chi connectivity index (χ1) is 11.4. The van der Waals surface area contributed by atoms with E-state index in [0.717, 1.165) is 0 Å². The smallest absolute Gasteiger partial charge is 0.257 e. The highest BCUT2D eigenvalue weighted by atomic mass is 35.5. The highest BCUT2D eigenvalue weighted by molar-refractivity contribution is 6.44. The minimum absolute atomic E-state index is 0.145. The van der Waals surface area contributed by atoms with Crippen molar-refractivity contribution < 1.29 is 14.4 Å². The highest BCUT2D eigenvalue weighted by Crippen LogP contribution is 2.26. The summed E-state index contributed by atoms with van der Waals surface area (Å²) in [5.74, 6) is -1.59. The van der Waals surface area contributed by atoms with Gasteiger partial charge in [0.05, 0.1) is 22.2 Å². The van der Waals surface area contributed by atoms with Crippen LogP contribution in [0.2, 0.25) is 10.0 Å². The van der Waals surface area contributed by atoms with Crippen molar-refractivity contribution in [1.82, 2.24) is 5.32 Å². The summed E-state index contributed by atoms with van der Waals surface area (Å²) in [5.41, 5.74) is 5.85. The number of primary amides is 1. The van der Waals surface area contributed by atoms with Crippen LogP contribution in [0.5, 0.6) is 0 Å². The number of halogens is 2. The Morgan fingerprint density at radius 1 is 1.00 bits per heavy atom. The fraction of sp³-hybridized carbons (Fsp3) is 0.0625. The molecule has 0 aliphatic rings. The van der Waals surface area contributed by atoms with Gasteiger partial charge in [-0.15, -0.1) is 0 Å². The number of carbonyl (C=O) groups is 3. The molecule has 0 fully saturated rings. The van der Waals surface area contributed by atoms with E-state index in [1.54, 1.807) is 30.3 Å². The number of anilines is 1. The molecule has 0 heterocycles. The number of nitrogens with one attached hydrogen (secondary N) is 2. The van der Waals surface area contributed by atoms with Crippen molar-refractivity contribution in [2.45, 2.75) is 0 Å². The van der Waals surface area contributed by atoms with Gasteiger partial charge in [0.2, 0.25) is 5.91 Å². The molecule has 0 unspecified atom stereocenters. The van der Waals surface area contributed by atoms with Crippen molar-refractivity contribution in [2.24, 2.45) is 5.73 Å². The molecular weight excluding hydrogens is 353 g/mol. The Labute approximate surface area is 147 Å². The van der Waals surface area contributed by atoms with E-state index in [1.165, 1.54) is 12.1 Å². The first-order valence-corrected chi connectivity index (χ1v) is 7.56. The summed E-state index contributed by atoms with van der Waals surface area (Å²) >= 11 is 11.9. The third-order valence-electron chi connectivity index (χ3n) is 3.00. The largest absolute Gasteiger partial charge is 0.368 e. The fourth-order valence-electron chi connectivity index (χ4n) is 1.89. The number of amides is 3. The number of nitrogens with two attached hydrogens (primary N) is 1. The second kappa shape index (κ2) is 7.81. The van der Waals surface area contributed by atoms with E-state index in [1.807, 2.05) is 0 Å². The standard InChI is InChI=1S/C16H13Cl2N3O3/c17-12-6-2-5-11(14(12)18)16(24)21-10-4-1-3-9(7-10)15(23)20-8-13(19)22/h1-7H,8H2,(H2,19,22)(H,20,23)(H,21,24). The molecule has 2 rings (SSSR count). The van der Waals surface area contributed by atoms with Gasteiger partial charge >= 0.3 is 0 Å². The molecule has 0 saturated heterocycles. The number of benzene rings is 2. The molecule has 8 heteroatoms. The minimum Gasteiger partial charge on any atom is -0.368 e. The van der Waals surface area contributed by atoms with Crippen LogP contribution in [0.25, 0.3) is 0 Å². The van der Waals surface area contributed by atoms with Crippen LogP contribution in [0, 0.1) is 0 Å². The normalized spacial score (nSPS) is 10.1. The zero-order chi connectivity index (χ0) is 17.7. The van der Waals surface area contributed by atoms with Gasteiger partial charge in [-0.3, -0.25) is 14.4 Å². The van der Waals surface area contributed by atoms with Gasteiger partial charge < -0.3 is 16.4 Å². The summed E-state index contributed by atoms with van der Waals surface area (Å²) in [4.78, 5) is 34.8. The van der Waals surface area contributed by atoms with Gasteiger partial charge in [-0.2, -0.15) is 0 Å². The highest BCUT2D eigenvalue weighted by Gasteiger charge is 2.14. The van der Waals surface area contributed by atoms with Crippen molar-refractivity contribution in [3.63, 3.8) is 0 Å². The number of hydrogen-bond donors (Lipinski definition) is 3. The Bertz CT molecular complexity index is 809. The molecule has 0 aromatic heterocycles. The number of rotatable bonds is 5. The summed E-state index contributed by atoms with van der Waals surface area (Å²) in [6.45, 7) is -0.270. The van der Waals surface area contributed by atoms with E-state index >= 15 is 0 Å². The lowest BCUT2D eigenvalue weighted by Gasteiger charge is -2.09. The quantitative estimate of drug-likeness (QED) is 0.758. The SMILES string of the molecule is NC(=O)CNC(=O)c1cccc(NC(=O)c2cccc(Cl)c2Cl)c1. The summed E-state index contributed by atoms with van der Waals surface area (Å²) in [6.07, 6.45) is 0. The predicted molar refractivity (Wildman–Crippen MR) is 92.4 cm³/mol. The maximum Gasteiger partial charge on any atom is 0.257 e. The second-order valence-electron chi connectivity index (χ2n) is 4.79. The van der Waals surface area contributed by atoms with Gasteiger partial charge in [0.1, 0.15) is 0 Å². The van der Waals surface area contributed by atoms with Crippen molar-refractivity contribution >= 4 is 46.6 Å². The number of hydrogen-bond acceptors (Lipinski definition) is 3. The molecule has 0 aliphatic carbocycles. The molecular formula is C16H13Cl2N3O3. The lowest BCUT2D eigenvalue weighted by Crippen LogP contribution is -2.33. The third kappa shape index (κ3) is 4.47. The van der Waals surface area contributed by atoms with Crippen molar-refractivity contribution in [1.29, 1.82) is 0 Å². The zero-order valence-corrected chi connectivity index (χ0v) is 13.8. The molecule has 0 saturated carbocycles. The van der Waals surface area contributed by atoms with Crippen molar-refractivity contribution in [3.8, 4) is 0 Å². The molecule has 0 bridgehead atoms. The van der Waals surface area contributed by atoms with E-state index in [0.29, 0.717) is 5.69 Å². The summed E-state index contributed by atoms with van der Waals surface area (Å²) in [7, 11) is 0. The monoisotopic (exact) mass is 365 g/mol. The average molecular weight is 366 g/mol. The van der Waals surface area contributed by atoms with Crippen LogP contribution in [0.4, 0.5) is 5.69 Å². The molecule has 2 aromatic rings. The Morgan fingerprint density at radius 2 is 1.71 bits per heavy atom. The summed E-state index contributed by atoms with van der Waals surface area (Å²) in [5, 5.41) is 5.41. The second-order valence-corrected chi connectivity index (χ2v) is 5.57. The van der Waals surface area contributed by atoms with E-state index in [9.17, 15) is 14.4 Å². The Hall–Kier alpha value is -2.57. The first kappa shape index (κ1) is 17.8. The summed E-state index contributed by atoms with van der Waals surface area (Å²) in [6, 6.07) is 10.9. The first-order valence-electron chi connectivity index (χ1n) is 6.80. The Kier molecular flexibility index (Phi) is 5.78. The van der Waals surface area contributed by atoms with Gasteiger partial charge in [0, 0.05) is 11.3 Å². The average Bonchev–Trinajstić information content (AvgIpc) is 2.55. The van der Waals surface area contributed by atoms with Crippen LogP contribution >= 0.6 is 23.2 Å². The molecule has 0 atom stereocenters.